The number of hydrogen-bond donors (Lipinski definition) is 0. The predicted octanol–water partition coefficient (Wildman–Crippen LogP) is 4.06. The smallest absolute Gasteiger partial charge is 0.330 e. The average Bonchev–Trinajstić information content (AvgIpc) is 2.93. The van der Waals surface area contributed by atoms with Gasteiger partial charge in [0.05, 0.1) is 22.2 Å². The first kappa shape index (κ1) is 16.3. The summed E-state index contributed by atoms with van der Waals surface area (Å²) in [5.74, 6) is -0.845. The molecule has 1 aromatic heterocycles. The molecule has 0 aliphatic heterocycles. The van der Waals surface area contributed by atoms with E-state index in [4.69, 9.17) is 27.9 Å². The number of nitrogens with zero attached hydrogens (tertiary/aromatic N) is 1. The van der Waals surface area contributed by atoms with Gasteiger partial charge in [-0.05, 0) is 37.3 Å². The van der Waals surface area contributed by atoms with Crippen molar-refractivity contribution < 1.29 is 14.3 Å². The molecule has 2 aromatic rings. The first-order valence-electron chi connectivity index (χ1n) is 6.55. The highest BCUT2D eigenvalue weighted by molar-refractivity contribution is 6.39. The summed E-state index contributed by atoms with van der Waals surface area (Å²) in [6, 6.07) is 8.24. The molecule has 0 unspecified atom stereocenters. The fourth-order valence-corrected chi connectivity index (χ4v) is 2.44. The number of esters is 1. The Morgan fingerprint density at radius 1 is 1.18 bits per heavy atom. The third-order valence-electron chi connectivity index (χ3n) is 2.85. The molecule has 0 saturated carbocycles. The third-order valence-corrected chi connectivity index (χ3v) is 3.48. The topological polar surface area (TPSA) is 48.3 Å². The maximum atomic E-state index is 12.6. The van der Waals surface area contributed by atoms with Gasteiger partial charge in [-0.25, -0.2) is 4.79 Å². The molecule has 6 heteroatoms. The Kier molecular flexibility index (Phi) is 5.41. The van der Waals surface area contributed by atoms with E-state index in [0.29, 0.717) is 12.3 Å². The van der Waals surface area contributed by atoms with Crippen molar-refractivity contribution in [3.05, 3.63) is 63.9 Å². The molecule has 0 spiro atoms. The highest BCUT2D eigenvalue weighted by Gasteiger charge is 2.17. The second-order valence-electron chi connectivity index (χ2n) is 4.29. The van der Waals surface area contributed by atoms with Crippen molar-refractivity contribution in [3.8, 4) is 0 Å². The zero-order chi connectivity index (χ0) is 16.1. The Bertz CT molecular complexity index is 714. The minimum absolute atomic E-state index is 0.216. The van der Waals surface area contributed by atoms with Crippen molar-refractivity contribution in [1.29, 1.82) is 0 Å². The van der Waals surface area contributed by atoms with Crippen molar-refractivity contribution in [3.63, 3.8) is 0 Å². The van der Waals surface area contributed by atoms with E-state index in [-0.39, 0.29) is 21.5 Å². The SMILES string of the molecule is CCOC(=O)/C=C/c1cccn1C(=O)c1c(Cl)cccc1Cl. The number of benzene rings is 1. The van der Waals surface area contributed by atoms with E-state index in [0.717, 1.165) is 0 Å². The molecule has 114 valence electrons. The maximum Gasteiger partial charge on any atom is 0.330 e. The molecule has 0 aliphatic rings. The average molecular weight is 338 g/mol. The van der Waals surface area contributed by atoms with Gasteiger partial charge in [-0.15, -0.1) is 0 Å². The van der Waals surface area contributed by atoms with Gasteiger partial charge in [0.25, 0.3) is 5.91 Å². The molecule has 0 atom stereocenters. The molecule has 0 radical (unpaired) electrons. The standard InChI is InChI=1S/C16H13Cl2NO3/c1-2-22-14(20)9-8-11-5-4-10-19(11)16(21)15-12(17)6-3-7-13(15)18/h3-10H,2H2,1H3/b9-8+. The lowest BCUT2D eigenvalue weighted by Gasteiger charge is -2.08. The Morgan fingerprint density at radius 2 is 1.86 bits per heavy atom. The molecule has 0 N–H and O–H groups in total. The van der Waals surface area contributed by atoms with Crippen LogP contribution < -0.4 is 0 Å². The number of rotatable bonds is 4. The Hall–Kier alpha value is -2.04. The van der Waals surface area contributed by atoms with Crippen LogP contribution in [0.2, 0.25) is 10.0 Å². The Balaban J connectivity index is 2.33. The van der Waals surface area contributed by atoms with E-state index in [1.165, 1.54) is 16.7 Å². The minimum Gasteiger partial charge on any atom is -0.463 e. The predicted molar refractivity (Wildman–Crippen MR) is 86.3 cm³/mol. The molecule has 1 heterocycles. The third kappa shape index (κ3) is 3.59. The van der Waals surface area contributed by atoms with Crippen LogP contribution in [0.3, 0.4) is 0 Å². The molecule has 1 aromatic carbocycles. The monoisotopic (exact) mass is 337 g/mol. The summed E-state index contributed by atoms with van der Waals surface area (Å²) < 4.78 is 6.17. The van der Waals surface area contributed by atoms with Crippen LogP contribution in [0.25, 0.3) is 6.08 Å². The second kappa shape index (κ2) is 7.29. The first-order valence-corrected chi connectivity index (χ1v) is 7.31. The van der Waals surface area contributed by atoms with E-state index in [9.17, 15) is 9.59 Å². The summed E-state index contributed by atoms with van der Waals surface area (Å²) in [5, 5.41) is 0.540. The number of carbonyl (C=O) groups is 2. The molecule has 0 fully saturated rings. The van der Waals surface area contributed by atoms with Crippen molar-refractivity contribution >= 4 is 41.2 Å². The second-order valence-corrected chi connectivity index (χ2v) is 5.10. The minimum atomic E-state index is -0.474. The van der Waals surface area contributed by atoms with Gasteiger partial charge in [-0.3, -0.25) is 9.36 Å². The van der Waals surface area contributed by atoms with Gasteiger partial charge in [0, 0.05) is 18.0 Å². The highest BCUT2D eigenvalue weighted by atomic mass is 35.5. The van der Waals surface area contributed by atoms with Gasteiger partial charge >= 0.3 is 5.97 Å². The van der Waals surface area contributed by atoms with E-state index in [1.807, 2.05) is 0 Å². The van der Waals surface area contributed by atoms with E-state index >= 15 is 0 Å². The van der Waals surface area contributed by atoms with Crippen LogP contribution in [0.5, 0.6) is 0 Å². The number of hydrogen-bond acceptors (Lipinski definition) is 3. The summed E-state index contributed by atoms with van der Waals surface area (Å²) in [4.78, 5) is 23.9. The largest absolute Gasteiger partial charge is 0.463 e. The molecular weight excluding hydrogens is 325 g/mol. The molecule has 4 nitrogen and oxygen atoms in total. The van der Waals surface area contributed by atoms with Crippen LogP contribution in [0.1, 0.15) is 23.0 Å². The van der Waals surface area contributed by atoms with Crippen LogP contribution in [0.4, 0.5) is 0 Å². The van der Waals surface area contributed by atoms with Crippen molar-refractivity contribution in [2.24, 2.45) is 0 Å². The van der Waals surface area contributed by atoms with Crippen LogP contribution >= 0.6 is 23.2 Å². The summed E-state index contributed by atoms with van der Waals surface area (Å²) in [6.45, 7) is 2.01. The van der Waals surface area contributed by atoms with Crippen LogP contribution in [-0.2, 0) is 9.53 Å². The molecular formula is C16H13Cl2NO3. The lowest BCUT2D eigenvalue weighted by molar-refractivity contribution is -0.137. The number of carbonyl (C=O) groups excluding carboxylic acids is 2. The van der Waals surface area contributed by atoms with E-state index < -0.39 is 5.97 Å². The molecule has 0 amide bonds. The molecule has 0 saturated heterocycles. The van der Waals surface area contributed by atoms with Crippen LogP contribution in [-0.4, -0.2) is 23.1 Å². The molecule has 2 rings (SSSR count). The van der Waals surface area contributed by atoms with E-state index in [2.05, 4.69) is 0 Å². The summed E-state index contributed by atoms with van der Waals surface area (Å²) >= 11 is 12.1. The first-order chi connectivity index (χ1) is 10.5. The maximum absolute atomic E-state index is 12.6. The summed E-state index contributed by atoms with van der Waals surface area (Å²) in [7, 11) is 0. The van der Waals surface area contributed by atoms with Crippen molar-refractivity contribution in [2.45, 2.75) is 6.92 Å². The summed E-state index contributed by atoms with van der Waals surface area (Å²) in [6.07, 6.45) is 4.34. The van der Waals surface area contributed by atoms with Crippen LogP contribution in [0, 0.1) is 0 Å². The fraction of sp³-hybridized carbons (Fsp3) is 0.125. The summed E-state index contributed by atoms with van der Waals surface area (Å²) in [5.41, 5.74) is 0.738. The zero-order valence-corrected chi connectivity index (χ0v) is 13.3. The van der Waals surface area contributed by atoms with Gasteiger partial charge in [-0.2, -0.15) is 0 Å². The zero-order valence-electron chi connectivity index (χ0n) is 11.8. The normalized spacial score (nSPS) is 10.9. The van der Waals surface area contributed by atoms with Gasteiger partial charge in [0.1, 0.15) is 0 Å². The quantitative estimate of drug-likeness (QED) is 0.624. The molecule has 0 bridgehead atoms. The van der Waals surface area contributed by atoms with E-state index in [1.54, 1.807) is 43.5 Å². The van der Waals surface area contributed by atoms with Gasteiger partial charge in [0.15, 0.2) is 0 Å². The van der Waals surface area contributed by atoms with Crippen molar-refractivity contribution in [2.75, 3.05) is 6.61 Å². The Labute approximate surface area is 137 Å². The Morgan fingerprint density at radius 3 is 2.50 bits per heavy atom. The number of halogens is 2. The highest BCUT2D eigenvalue weighted by Crippen LogP contribution is 2.25. The molecule has 0 aliphatic carbocycles. The van der Waals surface area contributed by atoms with Crippen molar-refractivity contribution in [1.82, 2.24) is 4.57 Å². The number of aromatic nitrogens is 1. The number of ether oxygens (including phenoxy) is 1. The molecule has 22 heavy (non-hydrogen) atoms. The van der Waals surface area contributed by atoms with Gasteiger partial charge < -0.3 is 4.74 Å². The lowest BCUT2D eigenvalue weighted by Crippen LogP contribution is -2.13. The van der Waals surface area contributed by atoms with Crippen LogP contribution in [0.15, 0.2) is 42.6 Å². The lowest BCUT2D eigenvalue weighted by atomic mass is 10.2. The fourth-order valence-electron chi connectivity index (χ4n) is 1.88. The van der Waals surface area contributed by atoms with Gasteiger partial charge in [-0.1, -0.05) is 29.3 Å². The van der Waals surface area contributed by atoms with Gasteiger partial charge in [0.2, 0.25) is 0 Å².